The summed E-state index contributed by atoms with van der Waals surface area (Å²) in [4.78, 5) is 0. The number of epoxide rings is 1. The molecule has 0 spiro atoms. The molecule has 0 aromatic heterocycles. The molecule has 1 heterocycles. The van der Waals surface area contributed by atoms with E-state index in [0.29, 0.717) is 17.9 Å². The van der Waals surface area contributed by atoms with Crippen molar-refractivity contribution in [2.75, 3.05) is 6.61 Å². The highest BCUT2D eigenvalue weighted by Crippen LogP contribution is 2.48. The Labute approximate surface area is 210 Å². The molecule has 1 saturated heterocycles. The van der Waals surface area contributed by atoms with Gasteiger partial charge < -0.3 is 4.74 Å². The Morgan fingerprint density at radius 1 is 0.829 bits per heavy atom. The maximum absolute atomic E-state index is 15.3. The van der Waals surface area contributed by atoms with Crippen LogP contribution < -0.4 is 0 Å². The van der Waals surface area contributed by atoms with E-state index in [2.05, 4.69) is 13.0 Å². The van der Waals surface area contributed by atoms with Gasteiger partial charge in [0.25, 0.3) is 0 Å². The second-order valence-corrected chi connectivity index (χ2v) is 12.4. The summed E-state index contributed by atoms with van der Waals surface area (Å²) in [5.74, 6) is 1.05. The fourth-order valence-electron chi connectivity index (χ4n) is 7.81. The summed E-state index contributed by atoms with van der Waals surface area (Å²) < 4.78 is 50.3. The van der Waals surface area contributed by atoms with Gasteiger partial charge in [-0.2, -0.15) is 0 Å². The van der Waals surface area contributed by atoms with E-state index in [0.717, 1.165) is 89.6 Å². The van der Waals surface area contributed by atoms with Gasteiger partial charge >= 0.3 is 0 Å². The molecule has 35 heavy (non-hydrogen) atoms. The first-order valence-corrected chi connectivity index (χ1v) is 14.8. The van der Waals surface area contributed by atoms with Gasteiger partial charge in [0.15, 0.2) is 5.83 Å². The van der Waals surface area contributed by atoms with Crippen molar-refractivity contribution >= 4 is 0 Å². The maximum atomic E-state index is 15.3. The molecule has 4 heteroatoms. The molecule has 5 aliphatic rings. The molecule has 4 unspecified atom stereocenters. The summed E-state index contributed by atoms with van der Waals surface area (Å²) in [7, 11) is 0. The molecule has 0 amide bonds. The lowest BCUT2D eigenvalue weighted by Crippen LogP contribution is -2.26. The molecule has 1 nitrogen and oxygen atoms in total. The van der Waals surface area contributed by atoms with Crippen LogP contribution in [0.15, 0.2) is 35.2 Å². The van der Waals surface area contributed by atoms with Crippen LogP contribution in [0.25, 0.3) is 0 Å². The number of allylic oxidation sites excluding steroid dienone is 5. The van der Waals surface area contributed by atoms with Gasteiger partial charge in [-0.3, -0.25) is 0 Å². The minimum absolute atomic E-state index is 0.0798. The Bertz CT molecular complexity index is 809. The molecule has 4 aliphatic carbocycles. The van der Waals surface area contributed by atoms with Crippen LogP contribution in [0, 0.1) is 41.4 Å². The molecule has 0 radical (unpaired) electrons. The monoisotopic (exact) mass is 490 g/mol. The van der Waals surface area contributed by atoms with E-state index in [4.69, 9.17) is 4.74 Å². The molecule has 1 aliphatic heterocycles. The van der Waals surface area contributed by atoms with Gasteiger partial charge in [-0.25, -0.2) is 13.2 Å². The molecule has 196 valence electrons. The number of ether oxygens (including phenoxy) is 1. The molecule has 0 aromatic carbocycles. The van der Waals surface area contributed by atoms with Crippen LogP contribution in [-0.2, 0) is 4.74 Å². The highest BCUT2D eigenvalue weighted by atomic mass is 19.2. The summed E-state index contributed by atoms with van der Waals surface area (Å²) in [6.45, 7) is 3.02. The second-order valence-electron chi connectivity index (χ2n) is 12.4. The van der Waals surface area contributed by atoms with Crippen molar-refractivity contribution in [3.63, 3.8) is 0 Å². The van der Waals surface area contributed by atoms with Crippen LogP contribution in [-0.4, -0.2) is 12.7 Å². The normalized spacial score (nSPS) is 40.3. The minimum Gasteiger partial charge on any atom is -0.372 e. The first-order chi connectivity index (χ1) is 17.0. The average Bonchev–Trinajstić information content (AvgIpc) is 3.72. The SMILES string of the molecule is CCCC1CCC(C2=CCC(C3CCC(CCC4CCC(C5CO5)C=C4F)CC3)C(F)=C2F)CC1. The van der Waals surface area contributed by atoms with Crippen LogP contribution in [0.3, 0.4) is 0 Å². The summed E-state index contributed by atoms with van der Waals surface area (Å²) in [5.41, 5.74) is 0.681. The van der Waals surface area contributed by atoms with E-state index < -0.39 is 11.7 Å². The number of hydrogen-bond donors (Lipinski definition) is 0. The lowest BCUT2D eigenvalue weighted by Gasteiger charge is -2.36. The van der Waals surface area contributed by atoms with E-state index in [-0.39, 0.29) is 41.5 Å². The lowest BCUT2D eigenvalue weighted by molar-refractivity contribution is 0.185. The van der Waals surface area contributed by atoms with Crippen LogP contribution in [0.4, 0.5) is 13.2 Å². The second kappa shape index (κ2) is 11.6. The molecule has 3 fully saturated rings. The largest absolute Gasteiger partial charge is 0.372 e. The first-order valence-electron chi connectivity index (χ1n) is 14.8. The topological polar surface area (TPSA) is 12.5 Å². The molecule has 0 aromatic rings. The Morgan fingerprint density at radius 2 is 1.51 bits per heavy atom. The number of rotatable bonds is 8. The van der Waals surface area contributed by atoms with E-state index in [9.17, 15) is 4.39 Å². The standard InChI is InChI=1S/C31H45F3O/c1-2-3-20-4-9-22(10-5-20)26-16-17-27(31(34)30(26)33)23-11-6-21(7-12-23)8-13-24-14-15-25(18-28(24)32)29-19-35-29/h16,18,20-25,27,29H,2-15,17,19H2,1H3. The van der Waals surface area contributed by atoms with Crippen LogP contribution >= 0.6 is 0 Å². The number of hydrogen-bond acceptors (Lipinski definition) is 1. The Hall–Kier alpha value is -1.03. The lowest BCUT2D eigenvalue weighted by atomic mass is 9.69. The van der Waals surface area contributed by atoms with Gasteiger partial charge in [0.1, 0.15) is 5.83 Å². The van der Waals surface area contributed by atoms with E-state index in [1.54, 1.807) is 0 Å². The van der Waals surface area contributed by atoms with Crippen LogP contribution in [0.5, 0.6) is 0 Å². The quantitative estimate of drug-likeness (QED) is 0.309. The summed E-state index contributed by atoms with van der Waals surface area (Å²) >= 11 is 0. The highest BCUT2D eigenvalue weighted by Gasteiger charge is 2.38. The first kappa shape index (κ1) is 25.6. The van der Waals surface area contributed by atoms with Crippen LogP contribution in [0.1, 0.15) is 103 Å². The van der Waals surface area contributed by atoms with Crippen molar-refractivity contribution in [1.29, 1.82) is 0 Å². The predicted molar refractivity (Wildman–Crippen MR) is 136 cm³/mol. The summed E-state index contributed by atoms with van der Waals surface area (Å²) in [6.07, 6.45) is 19.7. The van der Waals surface area contributed by atoms with Crippen molar-refractivity contribution in [2.24, 2.45) is 41.4 Å². The minimum atomic E-state index is -0.517. The number of halogens is 3. The summed E-state index contributed by atoms with van der Waals surface area (Å²) in [5, 5.41) is 0. The van der Waals surface area contributed by atoms with Gasteiger partial charge in [0, 0.05) is 17.8 Å². The van der Waals surface area contributed by atoms with Crippen molar-refractivity contribution in [3.8, 4) is 0 Å². The predicted octanol–water partition coefficient (Wildman–Crippen LogP) is 9.55. The summed E-state index contributed by atoms with van der Waals surface area (Å²) in [6, 6.07) is 0. The van der Waals surface area contributed by atoms with Gasteiger partial charge in [-0.05, 0) is 106 Å². The smallest absolute Gasteiger partial charge is 0.158 e. The maximum Gasteiger partial charge on any atom is 0.158 e. The molecular formula is C31H45F3O. The van der Waals surface area contributed by atoms with Crippen molar-refractivity contribution in [3.05, 3.63) is 35.2 Å². The zero-order valence-electron chi connectivity index (χ0n) is 21.6. The van der Waals surface area contributed by atoms with Crippen LogP contribution in [0.2, 0.25) is 0 Å². The van der Waals surface area contributed by atoms with Gasteiger partial charge in [0.05, 0.1) is 18.5 Å². The fourth-order valence-corrected chi connectivity index (χ4v) is 7.81. The third-order valence-electron chi connectivity index (χ3n) is 10.2. The Morgan fingerprint density at radius 3 is 2.17 bits per heavy atom. The zero-order chi connectivity index (χ0) is 24.4. The van der Waals surface area contributed by atoms with E-state index in [1.165, 1.54) is 12.8 Å². The molecule has 2 saturated carbocycles. The molecule has 5 rings (SSSR count). The molecule has 0 N–H and O–H groups in total. The van der Waals surface area contributed by atoms with Gasteiger partial charge in [-0.1, -0.05) is 38.7 Å². The Balaban J connectivity index is 1.07. The average molecular weight is 491 g/mol. The Kier molecular flexibility index (Phi) is 8.47. The van der Waals surface area contributed by atoms with E-state index in [1.807, 2.05) is 6.08 Å². The van der Waals surface area contributed by atoms with Crippen molar-refractivity contribution < 1.29 is 17.9 Å². The molecule has 4 atom stereocenters. The van der Waals surface area contributed by atoms with Crippen molar-refractivity contribution in [1.82, 2.24) is 0 Å². The van der Waals surface area contributed by atoms with Crippen molar-refractivity contribution in [2.45, 2.75) is 109 Å². The van der Waals surface area contributed by atoms with E-state index >= 15 is 8.78 Å². The fraction of sp³-hybridized carbons (Fsp3) is 0.806. The van der Waals surface area contributed by atoms with Gasteiger partial charge in [-0.15, -0.1) is 0 Å². The zero-order valence-corrected chi connectivity index (χ0v) is 21.6. The third kappa shape index (κ3) is 6.11. The molecular weight excluding hydrogens is 445 g/mol. The molecule has 0 bridgehead atoms. The van der Waals surface area contributed by atoms with Gasteiger partial charge in [0.2, 0.25) is 0 Å². The highest BCUT2D eigenvalue weighted by molar-refractivity contribution is 5.35. The third-order valence-corrected chi connectivity index (χ3v) is 10.2.